The fourth-order valence-corrected chi connectivity index (χ4v) is 2.13. The van der Waals surface area contributed by atoms with Gasteiger partial charge in [-0.2, -0.15) is 0 Å². The molecule has 0 aliphatic carbocycles. The molecule has 24 heavy (non-hydrogen) atoms. The monoisotopic (exact) mass is 323 g/mol. The average Bonchev–Trinajstić information content (AvgIpc) is 2.60. The summed E-state index contributed by atoms with van der Waals surface area (Å²) < 4.78 is 4.95. The van der Waals surface area contributed by atoms with Crippen LogP contribution in [0.5, 0.6) is 0 Å². The first-order valence-electron chi connectivity index (χ1n) is 7.80. The molecule has 0 aromatic heterocycles. The van der Waals surface area contributed by atoms with Gasteiger partial charge < -0.3 is 10.1 Å². The summed E-state index contributed by atoms with van der Waals surface area (Å²) in [6.45, 7) is 3.58. The largest absolute Gasteiger partial charge is 0.452 e. The summed E-state index contributed by atoms with van der Waals surface area (Å²) in [6, 6.07) is 17.2. The molecule has 1 unspecified atom stereocenters. The Labute approximate surface area is 142 Å². The fraction of sp³-hybridized carbons (Fsp3) is 0.200. The number of rotatable bonds is 6. The van der Waals surface area contributed by atoms with Gasteiger partial charge in [0.15, 0.2) is 6.61 Å². The standard InChI is InChI=1S/C20H21NO3/c1-15-8-10-17(11-9-15)12-13-20(23)24-14-19(22)21-16(2)18-6-4-3-5-7-18/h3-13,16H,14H2,1-2H3,(H,21,22)/b13-12+. The van der Waals surface area contributed by atoms with E-state index >= 15 is 0 Å². The molecular weight excluding hydrogens is 302 g/mol. The van der Waals surface area contributed by atoms with Crippen molar-refractivity contribution >= 4 is 18.0 Å². The maximum absolute atomic E-state index is 11.8. The van der Waals surface area contributed by atoms with Crippen molar-refractivity contribution in [2.45, 2.75) is 19.9 Å². The zero-order chi connectivity index (χ0) is 17.4. The van der Waals surface area contributed by atoms with E-state index in [9.17, 15) is 9.59 Å². The second-order valence-corrected chi connectivity index (χ2v) is 5.55. The zero-order valence-electron chi connectivity index (χ0n) is 13.9. The molecule has 1 amide bonds. The Hall–Kier alpha value is -2.88. The van der Waals surface area contributed by atoms with Crippen LogP contribution < -0.4 is 5.32 Å². The lowest BCUT2D eigenvalue weighted by Gasteiger charge is -2.13. The maximum atomic E-state index is 11.8. The van der Waals surface area contributed by atoms with Gasteiger partial charge in [-0.1, -0.05) is 60.2 Å². The van der Waals surface area contributed by atoms with Crippen LogP contribution in [0.2, 0.25) is 0 Å². The topological polar surface area (TPSA) is 55.4 Å². The van der Waals surface area contributed by atoms with E-state index in [1.165, 1.54) is 6.08 Å². The molecule has 0 saturated carbocycles. The highest BCUT2D eigenvalue weighted by Crippen LogP contribution is 2.10. The van der Waals surface area contributed by atoms with Crippen molar-refractivity contribution in [1.29, 1.82) is 0 Å². The average molecular weight is 323 g/mol. The van der Waals surface area contributed by atoms with Gasteiger partial charge in [0.2, 0.25) is 0 Å². The lowest BCUT2D eigenvalue weighted by atomic mass is 10.1. The first kappa shape index (κ1) is 17.5. The molecule has 2 rings (SSSR count). The van der Waals surface area contributed by atoms with Gasteiger partial charge in [0, 0.05) is 6.08 Å². The molecule has 0 aliphatic heterocycles. The van der Waals surface area contributed by atoms with E-state index in [0.717, 1.165) is 16.7 Å². The van der Waals surface area contributed by atoms with Crippen molar-refractivity contribution in [1.82, 2.24) is 5.32 Å². The van der Waals surface area contributed by atoms with E-state index in [4.69, 9.17) is 4.74 Å². The van der Waals surface area contributed by atoms with E-state index in [-0.39, 0.29) is 18.6 Å². The number of hydrogen-bond acceptors (Lipinski definition) is 3. The van der Waals surface area contributed by atoms with Crippen molar-refractivity contribution in [3.8, 4) is 0 Å². The van der Waals surface area contributed by atoms with E-state index in [2.05, 4.69) is 5.32 Å². The normalized spacial score (nSPS) is 11.9. The van der Waals surface area contributed by atoms with Gasteiger partial charge in [-0.15, -0.1) is 0 Å². The van der Waals surface area contributed by atoms with Gasteiger partial charge in [0.05, 0.1) is 6.04 Å². The maximum Gasteiger partial charge on any atom is 0.331 e. The molecule has 4 nitrogen and oxygen atoms in total. The smallest absolute Gasteiger partial charge is 0.331 e. The molecule has 124 valence electrons. The van der Waals surface area contributed by atoms with Crippen molar-refractivity contribution < 1.29 is 14.3 Å². The van der Waals surface area contributed by atoms with Crippen LogP contribution in [0.1, 0.15) is 29.7 Å². The summed E-state index contributed by atoms with van der Waals surface area (Å²) in [6.07, 6.45) is 2.98. The van der Waals surface area contributed by atoms with Gasteiger partial charge >= 0.3 is 5.97 Å². The molecule has 2 aromatic carbocycles. The van der Waals surface area contributed by atoms with E-state index < -0.39 is 5.97 Å². The number of nitrogens with one attached hydrogen (secondary N) is 1. The summed E-state index contributed by atoms with van der Waals surface area (Å²) >= 11 is 0. The molecule has 0 bridgehead atoms. The quantitative estimate of drug-likeness (QED) is 0.654. The molecule has 0 saturated heterocycles. The molecule has 4 heteroatoms. The first-order chi connectivity index (χ1) is 11.5. The van der Waals surface area contributed by atoms with Gasteiger partial charge in [0.25, 0.3) is 5.91 Å². The second-order valence-electron chi connectivity index (χ2n) is 5.55. The Morgan fingerprint density at radius 3 is 2.42 bits per heavy atom. The van der Waals surface area contributed by atoms with Gasteiger partial charge in [0.1, 0.15) is 0 Å². The van der Waals surface area contributed by atoms with Crippen LogP contribution in [0, 0.1) is 6.92 Å². The Morgan fingerprint density at radius 2 is 1.75 bits per heavy atom. The highest BCUT2D eigenvalue weighted by molar-refractivity contribution is 5.89. The number of benzene rings is 2. The number of hydrogen-bond donors (Lipinski definition) is 1. The minimum atomic E-state index is -0.543. The molecule has 1 N–H and O–H groups in total. The Bertz CT molecular complexity index is 705. The van der Waals surface area contributed by atoms with Crippen molar-refractivity contribution in [3.63, 3.8) is 0 Å². The van der Waals surface area contributed by atoms with Crippen molar-refractivity contribution in [3.05, 3.63) is 77.4 Å². The summed E-state index contributed by atoms with van der Waals surface area (Å²) in [5.74, 6) is -0.874. The Morgan fingerprint density at radius 1 is 1.08 bits per heavy atom. The molecule has 2 aromatic rings. The van der Waals surface area contributed by atoms with E-state index in [1.54, 1.807) is 6.08 Å². The molecule has 1 atom stereocenters. The number of carbonyl (C=O) groups is 2. The molecule has 0 heterocycles. The van der Waals surface area contributed by atoms with Gasteiger partial charge in [-0.05, 0) is 31.1 Å². The molecule has 0 aliphatic rings. The van der Waals surface area contributed by atoms with Crippen LogP contribution in [0.25, 0.3) is 6.08 Å². The van der Waals surface area contributed by atoms with Crippen LogP contribution in [-0.4, -0.2) is 18.5 Å². The van der Waals surface area contributed by atoms with Crippen LogP contribution in [0.4, 0.5) is 0 Å². The minimum absolute atomic E-state index is 0.138. The minimum Gasteiger partial charge on any atom is -0.452 e. The van der Waals surface area contributed by atoms with Crippen LogP contribution in [0.15, 0.2) is 60.7 Å². The fourth-order valence-electron chi connectivity index (χ4n) is 2.13. The van der Waals surface area contributed by atoms with Crippen LogP contribution in [-0.2, 0) is 14.3 Å². The predicted molar refractivity (Wildman–Crippen MR) is 94.2 cm³/mol. The SMILES string of the molecule is Cc1ccc(/C=C/C(=O)OCC(=O)NC(C)c2ccccc2)cc1. The van der Waals surface area contributed by atoms with E-state index in [1.807, 2.05) is 68.4 Å². The zero-order valence-corrected chi connectivity index (χ0v) is 13.9. The number of amides is 1. The van der Waals surface area contributed by atoms with Crippen LogP contribution >= 0.6 is 0 Å². The van der Waals surface area contributed by atoms with E-state index in [0.29, 0.717) is 0 Å². The van der Waals surface area contributed by atoms with Gasteiger partial charge in [-0.3, -0.25) is 4.79 Å². The molecule has 0 fully saturated rings. The summed E-state index contributed by atoms with van der Waals surface area (Å²) in [7, 11) is 0. The molecule has 0 spiro atoms. The van der Waals surface area contributed by atoms with Crippen LogP contribution in [0.3, 0.4) is 0 Å². The van der Waals surface area contributed by atoms with Crippen molar-refractivity contribution in [2.24, 2.45) is 0 Å². The lowest BCUT2D eigenvalue weighted by molar-refractivity contribution is -0.144. The highest BCUT2D eigenvalue weighted by Gasteiger charge is 2.10. The molecular formula is C20H21NO3. The lowest BCUT2D eigenvalue weighted by Crippen LogP contribution is -2.30. The Kier molecular flexibility index (Phi) is 6.32. The summed E-state index contributed by atoms with van der Waals surface area (Å²) in [5.41, 5.74) is 3.05. The third kappa shape index (κ3) is 5.72. The van der Waals surface area contributed by atoms with Gasteiger partial charge in [-0.25, -0.2) is 4.79 Å². The number of carbonyl (C=O) groups excluding carboxylic acids is 2. The first-order valence-corrected chi connectivity index (χ1v) is 7.80. The summed E-state index contributed by atoms with van der Waals surface area (Å²) in [5, 5.41) is 2.79. The second kappa shape index (κ2) is 8.67. The number of aryl methyl sites for hydroxylation is 1. The molecule has 0 radical (unpaired) electrons. The number of ether oxygens (including phenoxy) is 1. The number of esters is 1. The Balaban J connectivity index is 1.76. The summed E-state index contributed by atoms with van der Waals surface area (Å²) in [4.78, 5) is 23.5. The third-order valence-electron chi connectivity index (χ3n) is 3.51. The van der Waals surface area contributed by atoms with Crippen molar-refractivity contribution in [2.75, 3.05) is 6.61 Å². The predicted octanol–water partition coefficient (Wildman–Crippen LogP) is 3.43. The highest BCUT2D eigenvalue weighted by atomic mass is 16.5. The third-order valence-corrected chi connectivity index (χ3v) is 3.51.